The number of para-hydroxylation sites is 1. The fourth-order valence-electron chi connectivity index (χ4n) is 3.08. The van der Waals surface area contributed by atoms with E-state index in [4.69, 9.17) is 27.9 Å². The summed E-state index contributed by atoms with van der Waals surface area (Å²) in [5, 5.41) is 2.92. The third kappa shape index (κ3) is 4.40. The lowest BCUT2D eigenvalue weighted by molar-refractivity contribution is -0.113. The van der Waals surface area contributed by atoms with Crippen LogP contribution in [0.5, 0.6) is 5.75 Å². The third-order valence-electron chi connectivity index (χ3n) is 4.55. The molecule has 0 bridgehead atoms. The summed E-state index contributed by atoms with van der Waals surface area (Å²) in [5.74, 6) is -0.695. The smallest absolute Gasteiger partial charge is 0.333 e. The number of carbonyl (C=O) groups is 2. The zero-order valence-corrected chi connectivity index (χ0v) is 17.5. The van der Waals surface area contributed by atoms with Gasteiger partial charge in [-0.15, -0.1) is 0 Å². The molecule has 1 aliphatic heterocycles. The third-order valence-corrected chi connectivity index (χ3v) is 5.12. The Labute approximate surface area is 187 Å². The number of ether oxygens (including phenoxy) is 1. The Morgan fingerprint density at radius 2 is 1.61 bits per heavy atom. The molecule has 0 radical (unpaired) electrons. The Balaban J connectivity index is 1.56. The highest BCUT2D eigenvalue weighted by atomic mass is 35.5. The Hall–Kier alpha value is -3.35. The first-order chi connectivity index (χ1) is 14.9. The SMILES string of the molecule is O=C1N/C(=C/c2cc(Cl)c(OCc3ccccc3F)c(Cl)c2)C(=O)N1c1ccccc1. The molecule has 1 saturated heterocycles. The van der Waals surface area contributed by atoms with Gasteiger partial charge in [-0.2, -0.15) is 0 Å². The maximum absolute atomic E-state index is 13.8. The minimum absolute atomic E-state index is 0.0485. The zero-order chi connectivity index (χ0) is 22.0. The summed E-state index contributed by atoms with van der Waals surface area (Å²) in [6.45, 7) is -0.0485. The van der Waals surface area contributed by atoms with Crippen molar-refractivity contribution in [3.63, 3.8) is 0 Å². The van der Waals surface area contributed by atoms with E-state index >= 15 is 0 Å². The first-order valence-corrected chi connectivity index (χ1v) is 9.97. The van der Waals surface area contributed by atoms with Gasteiger partial charge in [0.1, 0.15) is 18.1 Å². The molecule has 1 fully saturated rings. The van der Waals surface area contributed by atoms with Gasteiger partial charge in [-0.1, -0.05) is 59.6 Å². The number of carbonyl (C=O) groups excluding carboxylic acids is 2. The van der Waals surface area contributed by atoms with Gasteiger partial charge in [-0.05, 0) is 42.0 Å². The molecule has 3 amide bonds. The number of hydrogen-bond donors (Lipinski definition) is 1. The summed E-state index contributed by atoms with van der Waals surface area (Å²) in [6.07, 6.45) is 1.47. The molecule has 1 heterocycles. The molecule has 0 saturated carbocycles. The fourth-order valence-corrected chi connectivity index (χ4v) is 3.69. The minimum Gasteiger partial charge on any atom is -0.486 e. The van der Waals surface area contributed by atoms with Gasteiger partial charge < -0.3 is 10.1 Å². The van der Waals surface area contributed by atoms with Crippen LogP contribution in [0.1, 0.15) is 11.1 Å². The lowest BCUT2D eigenvalue weighted by Crippen LogP contribution is -2.30. The van der Waals surface area contributed by atoms with E-state index in [1.54, 1.807) is 60.7 Å². The number of anilines is 1. The molecule has 0 spiro atoms. The average Bonchev–Trinajstić information content (AvgIpc) is 3.02. The van der Waals surface area contributed by atoms with E-state index < -0.39 is 17.8 Å². The van der Waals surface area contributed by atoms with Gasteiger partial charge >= 0.3 is 6.03 Å². The Kier molecular flexibility index (Phi) is 5.93. The number of nitrogens with one attached hydrogen (secondary N) is 1. The molecule has 5 nitrogen and oxygen atoms in total. The van der Waals surface area contributed by atoms with E-state index in [2.05, 4.69) is 5.32 Å². The van der Waals surface area contributed by atoms with Crippen molar-refractivity contribution in [3.8, 4) is 5.75 Å². The highest BCUT2D eigenvalue weighted by molar-refractivity contribution is 6.37. The van der Waals surface area contributed by atoms with Crippen molar-refractivity contribution in [2.24, 2.45) is 0 Å². The quantitative estimate of drug-likeness (QED) is 0.389. The maximum Gasteiger partial charge on any atom is 0.333 e. The predicted molar refractivity (Wildman–Crippen MR) is 118 cm³/mol. The average molecular weight is 457 g/mol. The van der Waals surface area contributed by atoms with Crippen LogP contribution in [0.2, 0.25) is 10.0 Å². The van der Waals surface area contributed by atoms with Crippen molar-refractivity contribution in [1.29, 1.82) is 0 Å². The van der Waals surface area contributed by atoms with E-state index in [1.807, 2.05) is 0 Å². The Morgan fingerprint density at radius 1 is 0.968 bits per heavy atom. The summed E-state index contributed by atoms with van der Waals surface area (Å²) < 4.78 is 19.4. The van der Waals surface area contributed by atoms with E-state index in [0.29, 0.717) is 16.8 Å². The summed E-state index contributed by atoms with van der Waals surface area (Å²) in [5.41, 5.74) is 1.40. The van der Waals surface area contributed by atoms with Gasteiger partial charge in [0.2, 0.25) is 0 Å². The lowest BCUT2D eigenvalue weighted by atomic mass is 10.1. The van der Waals surface area contributed by atoms with Gasteiger partial charge in [-0.3, -0.25) is 4.79 Å². The predicted octanol–water partition coefficient (Wildman–Crippen LogP) is 5.81. The monoisotopic (exact) mass is 456 g/mol. The largest absolute Gasteiger partial charge is 0.486 e. The summed E-state index contributed by atoms with van der Waals surface area (Å²) >= 11 is 12.6. The molecular weight excluding hydrogens is 442 g/mol. The second-order valence-corrected chi connectivity index (χ2v) is 7.47. The molecule has 0 aromatic heterocycles. The van der Waals surface area contributed by atoms with Crippen LogP contribution in [-0.2, 0) is 11.4 Å². The first kappa shape index (κ1) is 20.9. The Morgan fingerprint density at radius 3 is 2.29 bits per heavy atom. The van der Waals surface area contributed by atoms with Crippen LogP contribution in [0.4, 0.5) is 14.9 Å². The molecule has 1 N–H and O–H groups in total. The second kappa shape index (κ2) is 8.79. The number of nitrogens with zero attached hydrogens (tertiary/aromatic N) is 1. The van der Waals surface area contributed by atoms with Crippen molar-refractivity contribution < 1.29 is 18.7 Å². The highest BCUT2D eigenvalue weighted by Crippen LogP contribution is 2.36. The van der Waals surface area contributed by atoms with Crippen LogP contribution in [0, 0.1) is 5.82 Å². The summed E-state index contributed by atoms with van der Waals surface area (Å²) in [7, 11) is 0. The van der Waals surface area contributed by atoms with Gasteiger partial charge in [0, 0.05) is 5.56 Å². The van der Waals surface area contributed by atoms with Gasteiger partial charge in [0.05, 0.1) is 15.7 Å². The summed E-state index contributed by atoms with van der Waals surface area (Å²) in [4.78, 5) is 26.0. The molecule has 3 aromatic carbocycles. The van der Waals surface area contributed by atoms with Crippen LogP contribution in [-0.4, -0.2) is 11.9 Å². The molecule has 31 heavy (non-hydrogen) atoms. The molecular formula is C23H15Cl2FN2O3. The van der Waals surface area contributed by atoms with E-state index in [9.17, 15) is 14.0 Å². The van der Waals surface area contributed by atoms with Crippen LogP contribution in [0.15, 0.2) is 72.4 Å². The number of hydrogen-bond acceptors (Lipinski definition) is 3. The highest BCUT2D eigenvalue weighted by Gasteiger charge is 2.34. The van der Waals surface area contributed by atoms with Gasteiger partial charge in [-0.25, -0.2) is 14.1 Å². The molecule has 156 valence electrons. The number of urea groups is 1. The van der Waals surface area contributed by atoms with E-state index in [-0.39, 0.29) is 28.1 Å². The number of benzene rings is 3. The van der Waals surface area contributed by atoms with Crippen molar-refractivity contribution >= 4 is 46.9 Å². The number of imide groups is 1. The lowest BCUT2D eigenvalue weighted by Gasteiger charge is -2.12. The number of halogens is 3. The van der Waals surface area contributed by atoms with Crippen LogP contribution in [0.3, 0.4) is 0 Å². The van der Waals surface area contributed by atoms with Crippen molar-refractivity contribution in [1.82, 2.24) is 5.32 Å². The fraction of sp³-hybridized carbons (Fsp3) is 0.0435. The summed E-state index contributed by atoms with van der Waals surface area (Å²) in [6, 6.07) is 17.3. The molecule has 3 aromatic rings. The number of amides is 3. The zero-order valence-electron chi connectivity index (χ0n) is 15.9. The maximum atomic E-state index is 13.8. The van der Waals surface area contributed by atoms with Crippen LogP contribution < -0.4 is 15.0 Å². The minimum atomic E-state index is -0.551. The Bertz CT molecular complexity index is 1180. The van der Waals surface area contributed by atoms with Crippen molar-refractivity contribution in [2.75, 3.05) is 4.90 Å². The molecule has 8 heteroatoms. The standard InChI is InChI=1S/C23H15Cl2FN2O3/c24-17-10-14(11-18(25)21(17)31-13-15-6-4-5-9-19(15)26)12-20-22(29)28(23(30)27-20)16-7-2-1-3-8-16/h1-12H,13H2,(H,27,30)/b20-12+. The van der Waals surface area contributed by atoms with E-state index in [1.165, 1.54) is 12.1 Å². The molecule has 0 atom stereocenters. The molecule has 4 rings (SSSR count). The van der Waals surface area contributed by atoms with Crippen molar-refractivity contribution in [3.05, 3.63) is 99.4 Å². The molecule has 0 aliphatic carbocycles. The normalized spacial score (nSPS) is 14.8. The molecule has 1 aliphatic rings. The van der Waals surface area contributed by atoms with E-state index in [0.717, 1.165) is 4.90 Å². The van der Waals surface area contributed by atoms with Gasteiger partial charge in [0.15, 0.2) is 5.75 Å². The topological polar surface area (TPSA) is 58.6 Å². The number of rotatable bonds is 5. The molecule has 0 unspecified atom stereocenters. The second-order valence-electron chi connectivity index (χ2n) is 6.66. The van der Waals surface area contributed by atoms with Crippen LogP contribution in [0.25, 0.3) is 6.08 Å². The van der Waals surface area contributed by atoms with Crippen molar-refractivity contribution in [2.45, 2.75) is 6.61 Å². The van der Waals surface area contributed by atoms with Gasteiger partial charge in [0.25, 0.3) is 5.91 Å². The first-order valence-electron chi connectivity index (χ1n) is 9.21. The van der Waals surface area contributed by atoms with Crippen LogP contribution >= 0.6 is 23.2 Å².